The van der Waals surface area contributed by atoms with E-state index >= 15 is 0 Å². The van der Waals surface area contributed by atoms with Gasteiger partial charge in [-0.15, -0.1) is 0 Å². The summed E-state index contributed by atoms with van der Waals surface area (Å²) in [7, 11) is 0. The van der Waals surface area contributed by atoms with Crippen LogP contribution in [0.25, 0.3) is 82.8 Å². The third kappa shape index (κ3) is 6.32. The molecule has 0 saturated carbocycles. The van der Waals surface area contributed by atoms with Gasteiger partial charge in [-0.25, -0.2) is 0 Å². The number of anilines is 3. The fourth-order valence-corrected chi connectivity index (χ4v) is 8.90. The molecule has 2 heteroatoms. The molecule has 0 bridgehead atoms. The maximum Gasteiger partial charge on any atom is 0.0562 e. The van der Waals surface area contributed by atoms with Gasteiger partial charge in [0, 0.05) is 33.4 Å². The highest BCUT2D eigenvalue weighted by Crippen LogP contribution is 2.44. The lowest BCUT2D eigenvalue weighted by atomic mass is 9.92. The van der Waals surface area contributed by atoms with E-state index in [9.17, 15) is 0 Å². The lowest BCUT2D eigenvalue weighted by molar-refractivity contribution is 1.18. The Balaban J connectivity index is 1.12. The molecule has 0 amide bonds. The zero-order valence-electron chi connectivity index (χ0n) is 33.0. The minimum atomic E-state index is 1.08. The van der Waals surface area contributed by atoms with Gasteiger partial charge in [0.25, 0.3) is 0 Å². The Kier molecular flexibility index (Phi) is 8.87. The smallest absolute Gasteiger partial charge is 0.0562 e. The minimum Gasteiger partial charge on any atom is -0.310 e. The predicted molar refractivity (Wildman–Crippen MR) is 255 cm³/mol. The molecule has 1 aromatic heterocycles. The van der Waals surface area contributed by atoms with E-state index in [1.807, 2.05) is 0 Å². The highest BCUT2D eigenvalue weighted by molar-refractivity contribution is 6.11. The van der Waals surface area contributed by atoms with Crippen LogP contribution in [0.1, 0.15) is 0 Å². The molecule has 0 radical (unpaired) electrons. The first-order valence-electron chi connectivity index (χ1n) is 20.6. The summed E-state index contributed by atoms with van der Waals surface area (Å²) in [6.07, 6.45) is 0. The van der Waals surface area contributed by atoms with Gasteiger partial charge < -0.3 is 9.47 Å². The Hall–Kier alpha value is -7.94. The monoisotopic (exact) mass is 764 g/mol. The molecule has 0 spiro atoms. The van der Waals surface area contributed by atoms with E-state index in [0.717, 1.165) is 28.3 Å². The molecule has 10 aromatic carbocycles. The van der Waals surface area contributed by atoms with Crippen molar-refractivity contribution in [3.05, 3.63) is 243 Å². The average molecular weight is 765 g/mol. The van der Waals surface area contributed by atoms with Gasteiger partial charge in [-0.3, -0.25) is 0 Å². The molecule has 282 valence electrons. The molecular formula is C58H40N2. The van der Waals surface area contributed by atoms with Crippen molar-refractivity contribution in [2.24, 2.45) is 0 Å². The quantitative estimate of drug-likeness (QED) is 0.150. The van der Waals surface area contributed by atoms with Crippen molar-refractivity contribution in [3.8, 4) is 50.2 Å². The van der Waals surface area contributed by atoms with E-state index in [0.29, 0.717) is 0 Å². The summed E-state index contributed by atoms with van der Waals surface area (Å²) in [5, 5.41) is 4.88. The Morgan fingerprint density at radius 2 is 0.750 bits per heavy atom. The number of rotatable bonds is 8. The summed E-state index contributed by atoms with van der Waals surface area (Å²) in [4.78, 5) is 2.40. The predicted octanol–water partition coefficient (Wildman–Crippen LogP) is 16.1. The standard InChI is InChI=1S/C58H40N2/c1-5-17-41(18-6-1)42-29-31-45(32-30-42)51-35-33-49(39-54(51)43-19-7-2-8-20-43)59(48-25-11-4-12-26-48)50-34-36-53-52-27-15-16-28-56(52)60(58(53)40-50)57-38-47-24-14-13-23-46(47)37-55(57)44-21-9-3-10-22-44/h1-40H. The summed E-state index contributed by atoms with van der Waals surface area (Å²) in [5.41, 5.74) is 16.3. The molecule has 0 fully saturated rings. The van der Waals surface area contributed by atoms with Crippen LogP contribution in [0.3, 0.4) is 0 Å². The second-order valence-corrected chi connectivity index (χ2v) is 15.3. The zero-order chi connectivity index (χ0) is 39.8. The summed E-state index contributed by atoms with van der Waals surface area (Å²) < 4.78 is 2.48. The van der Waals surface area contributed by atoms with Crippen molar-refractivity contribution >= 4 is 49.6 Å². The average Bonchev–Trinajstić information content (AvgIpc) is 3.66. The molecule has 0 aliphatic carbocycles. The summed E-state index contributed by atoms with van der Waals surface area (Å²) in [5.74, 6) is 0. The van der Waals surface area contributed by atoms with Crippen LogP contribution in [0.2, 0.25) is 0 Å². The van der Waals surface area contributed by atoms with Crippen molar-refractivity contribution in [2.45, 2.75) is 0 Å². The summed E-state index contributed by atoms with van der Waals surface area (Å²) in [6.45, 7) is 0. The van der Waals surface area contributed by atoms with Gasteiger partial charge in [0.1, 0.15) is 0 Å². The van der Waals surface area contributed by atoms with Gasteiger partial charge in [-0.2, -0.15) is 0 Å². The van der Waals surface area contributed by atoms with Crippen LogP contribution < -0.4 is 4.90 Å². The van der Waals surface area contributed by atoms with Crippen molar-refractivity contribution < 1.29 is 0 Å². The van der Waals surface area contributed by atoms with Crippen LogP contribution >= 0.6 is 0 Å². The number of nitrogens with zero attached hydrogens (tertiary/aromatic N) is 2. The zero-order valence-corrected chi connectivity index (χ0v) is 33.0. The summed E-state index contributed by atoms with van der Waals surface area (Å²) >= 11 is 0. The van der Waals surface area contributed by atoms with Crippen molar-refractivity contribution in [3.63, 3.8) is 0 Å². The van der Waals surface area contributed by atoms with Crippen LogP contribution in [0.4, 0.5) is 17.1 Å². The third-order valence-corrected chi connectivity index (χ3v) is 11.8. The van der Waals surface area contributed by atoms with Gasteiger partial charge in [0.2, 0.25) is 0 Å². The third-order valence-electron chi connectivity index (χ3n) is 11.8. The first-order valence-corrected chi connectivity index (χ1v) is 20.6. The SMILES string of the molecule is c1ccc(-c2ccc(-c3ccc(N(c4ccccc4)c4ccc5c6ccccc6n(-c6cc7ccccc7cc6-c6ccccc6)c5c4)cc3-c3ccccc3)cc2)cc1. The first kappa shape index (κ1) is 35.2. The molecule has 2 nitrogen and oxygen atoms in total. The van der Waals surface area contributed by atoms with Gasteiger partial charge >= 0.3 is 0 Å². The van der Waals surface area contributed by atoms with Crippen molar-refractivity contribution in [1.82, 2.24) is 4.57 Å². The van der Waals surface area contributed by atoms with E-state index in [1.165, 1.54) is 71.6 Å². The lowest BCUT2D eigenvalue weighted by Crippen LogP contribution is -2.10. The topological polar surface area (TPSA) is 8.17 Å². The van der Waals surface area contributed by atoms with Crippen LogP contribution in [-0.4, -0.2) is 4.57 Å². The maximum atomic E-state index is 2.48. The number of aromatic nitrogens is 1. The lowest BCUT2D eigenvalue weighted by Gasteiger charge is -2.27. The molecule has 11 aromatic rings. The number of hydrogen-bond acceptors (Lipinski definition) is 1. The van der Waals surface area contributed by atoms with Crippen LogP contribution in [0, 0.1) is 0 Å². The highest BCUT2D eigenvalue weighted by atomic mass is 15.1. The maximum absolute atomic E-state index is 2.48. The number of para-hydroxylation sites is 2. The van der Waals surface area contributed by atoms with Crippen LogP contribution in [0.15, 0.2) is 243 Å². The minimum absolute atomic E-state index is 1.08. The second kappa shape index (κ2) is 15.1. The molecule has 60 heavy (non-hydrogen) atoms. The largest absolute Gasteiger partial charge is 0.310 e. The number of benzene rings is 10. The first-order chi connectivity index (χ1) is 29.8. The second-order valence-electron chi connectivity index (χ2n) is 15.3. The Bertz CT molecular complexity index is 3280. The van der Waals surface area contributed by atoms with Crippen molar-refractivity contribution in [1.29, 1.82) is 0 Å². The molecule has 11 rings (SSSR count). The molecule has 0 saturated heterocycles. The van der Waals surface area contributed by atoms with E-state index in [4.69, 9.17) is 0 Å². The Morgan fingerprint density at radius 3 is 1.45 bits per heavy atom. The normalized spacial score (nSPS) is 11.3. The molecule has 0 unspecified atom stereocenters. The fourth-order valence-electron chi connectivity index (χ4n) is 8.90. The van der Waals surface area contributed by atoms with E-state index in [-0.39, 0.29) is 0 Å². The highest BCUT2D eigenvalue weighted by Gasteiger charge is 2.21. The molecule has 1 heterocycles. The van der Waals surface area contributed by atoms with E-state index < -0.39 is 0 Å². The fraction of sp³-hybridized carbons (Fsp3) is 0. The number of hydrogen-bond donors (Lipinski definition) is 0. The Morgan fingerprint density at radius 1 is 0.267 bits per heavy atom. The van der Waals surface area contributed by atoms with Gasteiger partial charge in [-0.05, 0) is 104 Å². The molecule has 0 atom stereocenters. The van der Waals surface area contributed by atoms with Gasteiger partial charge in [0.05, 0.1) is 16.7 Å². The van der Waals surface area contributed by atoms with E-state index in [1.54, 1.807) is 0 Å². The molecule has 0 aliphatic rings. The summed E-state index contributed by atoms with van der Waals surface area (Å²) in [6, 6.07) is 88.0. The van der Waals surface area contributed by atoms with Gasteiger partial charge in [0.15, 0.2) is 0 Å². The van der Waals surface area contributed by atoms with E-state index in [2.05, 4.69) is 252 Å². The van der Waals surface area contributed by atoms with Crippen LogP contribution in [0.5, 0.6) is 0 Å². The molecule has 0 aliphatic heterocycles. The van der Waals surface area contributed by atoms with Crippen LogP contribution in [-0.2, 0) is 0 Å². The number of fused-ring (bicyclic) bond motifs is 4. The Labute approximate surface area is 350 Å². The molecule has 0 N–H and O–H groups in total. The van der Waals surface area contributed by atoms with Gasteiger partial charge in [-0.1, -0.05) is 188 Å². The molecular weight excluding hydrogens is 725 g/mol. The van der Waals surface area contributed by atoms with Crippen molar-refractivity contribution in [2.75, 3.05) is 4.90 Å².